The fourth-order valence-corrected chi connectivity index (χ4v) is 3.87. The summed E-state index contributed by atoms with van der Waals surface area (Å²) >= 11 is 0. The lowest BCUT2D eigenvalue weighted by molar-refractivity contribution is 0.0730. The van der Waals surface area contributed by atoms with Crippen molar-refractivity contribution in [3.8, 4) is 22.9 Å². The van der Waals surface area contributed by atoms with Crippen molar-refractivity contribution < 1.29 is 18.7 Å². The third-order valence-electron chi connectivity index (χ3n) is 6.02. The second-order valence-electron chi connectivity index (χ2n) is 9.04. The Balaban J connectivity index is 1.50. The molecule has 0 aliphatic heterocycles. The second kappa shape index (κ2) is 15.0. The Morgan fingerprint density at radius 2 is 1.44 bits per heavy atom. The highest BCUT2D eigenvalue weighted by Crippen LogP contribution is 2.22. The number of aryl methyl sites for hydroxylation is 1. The fourth-order valence-electron chi connectivity index (χ4n) is 3.87. The Kier molecular flexibility index (Phi) is 11.4. The van der Waals surface area contributed by atoms with Crippen LogP contribution in [-0.4, -0.2) is 22.5 Å². The predicted molar refractivity (Wildman–Crippen MR) is 141 cm³/mol. The maximum atomic E-state index is 14.4. The molecule has 0 saturated carbocycles. The highest BCUT2D eigenvalue weighted by molar-refractivity contribution is 5.91. The second-order valence-corrected chi connectivity index (χ2v) is 9.04. The van der Waals surface area contributed by atoms with Gasteiger partial charge in [0.25, 0.3) is 0 Å². The van der Waals surface area contributed by atoms with Crippen molar-refractivity contribution in [2.75, 3.05) is 6.61 Å². The van der Waals surface area contributed by atoms with Crippen molar-refractivity contribution >= 4 is 5.97 Å². The molecular formula is C30H37FN2O3. The van der Waals surface area contributed by atoms with Crippen LogP contribution in [0.15, 0.2) is 54.9 Å². The molecule has 0 aliphatic carbocycles. The van der Waals surface area contributed by atoms with Crippen molar-refractivity contribution in [1.82, 2.24) is 9.97 Å². The van der Waals surface area contributed by atoms with Crippen molar-refractivity contribution in [2.24, 2.45) is 0 Å². The molecule has 3 aromatic rings. The lowest BCUT2D eigenvalue weighted by Crippen LogP contribution is -2.11. The number of nitrogens with zero attached hydrogens (tertiary/aromatic N) is 2. The average Bonchev–Trinajstić information content (AvgIpc) is 2.89. The average molecular weight is 493 g/mol. The Hall–Kier alpha value is -3.28. The molecule has 2 aromatic carbocycles. The molecule has 6 heteroatoms. The highest BCUT2D eigenvalue weighted by atomic mass is 19.1. The third kappa shape index (κ3) is 8.74. The fraction of sp³-hybridized carbons (Fsp3) is 0.433. The SMILES string of the molecule is CCCCCCCCc1cnc(-c2ccc(OC(=O)c3ccc(OCCCCC)cc3F)cc2)nc1. The largest absolute Gasteiger partial charge is 0.493 e. The van der Waals surface area contributed by atoms with E-state index in [1.54, 1.807) is 30.3 Å². The summed E-state index contributed by atoms with van der Waals surface area (Å²) in [7, 11) is 0. The van der Waals surface area contributed by atoms with Crippen LogP contribution in [0.3, 0.4) is 0 Å². The van der Waals surface area contributed by atoms with Gasteiger partial charge >= 0.3 is 5.97 Å². The van der Waals surface area contributed by atoms with E-state index in [-0.39, 0.29) is 5.56 Å². The van der Waals surface area contributed by atoms with Crippen LogP contribution in [0.25, 0.3) is 11.4 Å². The van der Waals surface area contributed by atoms with E-state index in [2.05, 4.69) is 23.8 Å². The van der Waals surface area contributed by atoms with Gasteiger partial charge in [-0.3, -0.25) is 0 Å². The molecule has 0 N–H and O–H groups in total. The molecule has 0 fully saturated rings. The number of aromatic nitrogens is 2. The Morgan fingerprint density at radius 3 is 2.14 bits per heavy atom. The van der Waals surface area contributed by atoms with Crippen LogP contribution in [-0.2, 0) is 6.42 Å². The summed E-state index contributed by atoms with van der Waals surface area (Å²) in [5.41, 5.74) is 1.82. The highest BCUT2D eigenvalue weighted by Gasteiger charge is 2.15. The van der Waals surface area contributed by atoms with Gasteiger partial charge in [-0.05, 0) is 61.2 Å². The summed E-state index contributed by atoms with van der Waals surface area (Å²) in [6.45, 7) is 4.86. The normalized spacial score (nSPS) is 10.9. The van der Waals surface area contributed by atoms with E-state index in [1.807, 2.05) is 12.4 Å². The first-order valence-corrected chi connectivity index (χ1v) is 13.2. The van der Waals surface area contributed by atoms with Crippen molar-refractivity contribution in [3.63, 3.8) is 0 Å². The van der Waals surface area contributed by atoms with Gasteiger partial charge < -0.3 is 9.47 Å². The van der Waals surface area contributed by atoms with Crippen LogP contribution in [0, 0.1) is 5.82 Å². The van der Waals surface area contributed by atoms with Crippen LogP contribution >= 0.6 is 0 Å². The van der Waals surface area contributed by atoms with Crippen LogP contribution in [0.2, 0.25) is 0 Å². The standard InChI is InChI=1S/C30H37FN2O3/c1-3-5-7-8-9-10-12-23-21-32-29(33-22-23)24-13-15-25(16-14-24)36-30(34)27-18-17-26(20-28(27)31)35-19-11-6-4-2/h13-18,20-22H,3-12,19H2,1-2H3. The molecule has 0 radical (unpaired) electrons. The van der Waals surface area contributed by atoms with E-state index < -0.39 is 11.8 Å². The number of carbonyl (C=O) groups is 1. The third-order valence-corrected chi connectivity index (χ3v) is 6.02. The first-order chi connectivity index (χ1) is 17.6. The van der Waals surface area contributed by atoms with Crippen molar-refractivity contribution in [3.05, 3.63) is 71.8 Å². The summed E-state index contributed by atoms with van der Waals surface area (Å²) in [5, 5.41) is 0. The van der Waals surface area contributed by atoms with Gasteiger partial charge in [-0.15, -0.1) is 0 Å². The first-order valence-electron chi connectivity index (χ1n) is 13.2. The van der Waals surface area contributed by atoms with Crippen LogP contribution in [0.5, 0.6) is 11.5 Å². The number of carbonyl (C=O) groups excluding carboxylic acids is 1. The van der Waals surface area contributed by atoms with Gasteiger partial charge in [0.2, 0.25) is 0 Å². The Labute approximate surface area is 214 Å². The number of rotatable bonds is 15. The molecule has 192 valence electrons. The molecule has 0 unspecified atom stereocenters. The monoisotopic (exact) mass is 492 g/mol. The summed E-state index contributed by atoms with van der Waals surface area (Å²) in [6.07, 6.45) is 15.4. The molecule has 0 saturated heterocycles. The summed E-state index contributed by atoms with van der Waals surface area (Å²) in [6, 6.07) is 11.1. The maximum Gasteiger partial charge on any atom is 0.346 e. The van der Waals surface area contributed by atoms with E-state index in [0.29, 0.717) is 23.9 Å². The van der Waals surface area contributed by atoms with Crippen molar-refractivity contribution in [2.45, 2.75) is 78.1 Å². The van der Waals surface area contributed by atoms with E-state index >= 15 is 0 Å². The predicted octanol–water partition coefficient (Wildman–Crippen LogP) is 7.97. The number of ether oxygens (including phenoxy) is 2. The van der Waals surface area contributed by atoms with E-state index in [1.165, 1.54) is 44.2 Å². The lowest BCUT2D eigenvalue weighted by Gasteiger charge is -2.09. The molecule has 0 amide bonds. The number of benzene rings is 2. The van der Waals surface area contributed by atoms with E-state index in [9.17, 15) is 9.18 Å². The summed E-state index contributed by atoms with van der Waals surface area (Å²) < 4.78 is 25.3. The van der Waals surface area contributed by atoms with Crippen molar-refractivity contribution in [1.29, 1.82) is 0 Å². The number of unbranched alkanes of at least 4 members (excludes halogenated alkanes) is 7. The quantitative estimate of drug-likeness (QED) is 0.122. The first kappa shape index (κ1) is 27.3. The molecule has 1 aromatic heterocycles. The Morgan fingerprint density at radius 1 is 0.806 bits per heavy atom. The van der Waals surface area contributed by atoms with Crippen LogP contribution < -0.4 is 9.47 Å². The molecule has 0 spiro atoms. The van der Waals surface area contributed by atoms with Gasteiger partial charge in [0.05, 0.1) is 12.2 Å². The number of hydrogen-bond acceptors (Lipinski definition) is 5. The zero-order chi connectivity index (χ0) is 25.6. The molecule has 36 heavy (non-hydrogen) atoms. The number of esters is 1. The molecule has 0 bridgehead atoms. The summed E-state index contributed by atoms with van der Waals surface area (Å²) in [4.78, 5) is 21.4. The van der Waals surface area contributed by atoms with Gasteiger partial charge in [0.1, 0.15) is 17.3 Å². The van der Waals surface area contributed by atoms with Gasteiger partial charge in [-0.1, -0.05) is 58.8 Å². The number of hydrogen-bond donors (Lipinski definition) is 0. The minimum atomic E-state index is -0.756. The minimum Gasteiger partial charge on any atom is -0.493 e. The van der Waals surface area contributed by atoms with Crippen LogP contribution in [0.1, 0.15) is 87.6 Å². The molecule has 1 heterocycles. The molecule has 5 nitrogen and oxygen atoms in total. The molecule has 0 aliphatic rings. The molecular weight excluding hydrogens is 455 g/mol. The van der Waals surface area contributed by atoms with Crippen LogP contribution in [0.4, 0.5) is 4.39 Å². The maximum absolute atomic E-state index is 14.4. The van der Waals surface area contributed by atoms with Gasteiger partial charge in [0, 0.05) is 24.0 Å². The Bertz CT molecular complexity index is 1070. The molecule has 3 rings (SSSR count). The lowest BCUT2D eigenvalue weighted by atomic mass is 10.1. The molecule has 0 atom stereocenters. The van der Waals surface area contributed by atoms with E-state index in [0.717, 1.165) is 43.2 Å². The zero-order valence-corrected chi connectivity index (χ0v) is 21.5. The minimum absolute atomic E-state index is 0.135. The topological polar surface area (TPSA) is 61.3 Å². The zero-order valence-electron chi connectivity index (χ0n) is 21.5. The number of halogens is 1. The van der Waals surface area contributed by atoms with Gasteiger partial charge in [0.15, 0.2) is 5.82 Å². The summed E-state index contributed by atoms with van der Waals surface area (Å²) in [5.74, 6) is -0.0856. The van der Waals surface area contributed by atoms with Gasteiger partial charge in [-0.25, -0.2) is 19.2 Å². The van der Waals surface area contributed by atoms with E-state index in [4.69, 9.17) is 9.47 Å². The van der Waals surface area contributed by atoms with Gasteiger partial charge in [-0.2, -0.15) is 0 Å². The smallest absolute Gasteiger partial charge is 0.346 e.